The lowest BCUT2D eigenvalue weighted by atomic mass is 10.2. The first-order valence-electron chi connectivity index (χ1n) is 5.43. The van der Waals surface area contributed by atoms with Gasteiger partial charge in [-0.15, -0.1) is 11.3 Å². The Bertz CT molecular complexity index is 462. The van der Waals surface area contributed by atoms with Crippen LogP contribution < -0.4 is 0 Å². The van der Waals surface area contributed by atoms with Crippen LogP contribution in [0.15, 0.2) is 15.9 Å². The number of thiophene rings is 1. The number of hydrogen-bond donors (Lipinski definition) is 1. The average Bonchev–Trinajstić information content (AvgIpc) is 2.74. The van der Waals surface area contributed by atoms with Gasteiger partial charge >= 0.3 is 5.97 Å². The molecule has 7 heteroatoms. The first kappa shape index (κ1) is 13.5. The molecule has 0 unspecified atom stereocenters. The number of hydrogen-bond acceptors (Lipinski definition) is 4. The molecule has 1 amide bonds. The number of nitrogens with zero attached hydrogens (tertiary/aromatic N) is 1. The third-order valence-electron chi connectivity index (χ3n) is 2.64. The van der Waals surface area contributed by atoms with Crippen molar-refractivity contribution in [3.05, 3.63) is 20.8 Å². The summed E-state index contributed by atoms with van der Waals surface area (Å²) in [4.78, 5) is 25.1. The minimum atomic E-state index is -0.911. The van der Waals surface area contributed by atoms with Crippen LogP contribution >= 0.6 is 27.3 Å². The maximum Gasteiger partial charge on any atom is 0.306 e. The largest absolute Gasteiger partial charge is 0.481 e. The number of ether oxygens (including phenoxy) is 1. The van der Waals surface area contributed by atoms with E-state index in [4.69, 9.17) is 9.84 Å². The number of aliphatic carboxylic acids is 1. The molecule has 1 aromatic rings. The van der Waals surface area contributed by atoms with Crippen LogP contribution in [0.5, 0.6) is 0 Å². The summed E-state index contributed by atoms with van der Waals surface area (Å²) in [6.45, 7) is 1.21. The van der Waals surface area contributed by atoms with Crippen LogP contribution in [0.4, 0.5) is 0 Å². The third kappa shape index (κ3) is 3.09. The van der Waals surface area contributed by atoms with E-state index in [0.717, 1.165) is 4.47 Å². The van der Waals surface area contributed by atoms with E-state index in [1.165, 1.54) is 11.3 Å². The summed E-state index contributed by atoms with van der Waals surface area (Å²) < 4.78 is 6.11. The molecule has 18 heavy (non-hydrogen) atoms. The Morgan fingerprint density at radius 2 is 2.39 bits per heavy atom. The fourth-order valence-corrected chi connectivity index (χ4v) is 3.32. The van der Waals surface area contributed by atoms with E-state index < -0.39 is 12.1 Å². The number of morpholine rings is 1. The van der Waals surface area contributed by atoms with Gasteiger partial charge in [-0.1, -0.05) is 0 Å². The zero-order valence-corrected chi connectivity index (χ0v) is 11.9. The predicted octanol–water partition coefficient (Wildman–Crippen LogP) is 1.83. The van der Waals surface area contributed by atoms with Crippen LogP contribution in [0.3, 0.4) is 0 Å². The summed E-state index contributed by atoms with van der Waals surface area (Å²) in [6.07, 6.45) is -0.492. The second-order valence-corrected chi connectivity index (χ2v) is 5.71. The first-order chi connectivity index (χ1) is 8.58. The normalized spacial score (nSPS) is 19.8. The van der Waals surface area contributed by atoms with Crippen LogP contribution in [0.25, 0.3) is 0 Å². The Morgan fingerprint density at radius 3 is 3.00 bits per heavy atom. The highest BCUT2D eigenvalue weighted by Gasteiger charge is 2.27. The number of halogens is 1. The van der Waals surface area contributed by atoms with E-state index in [9.17, 15) is 9.59 Å². The lowest BCUT2D eigenvalue weighted by Crippen LogP contribution is -2.46. The molecule has 0 aromatic carbocycles. The summed E-state index contributed by atoms with van der Waals surface area (Å²) in [5.74, 6) is -0.984. The molecule has 1 atom stereocenters. The molecule has 1 N–H and O–H groups in total. The van der Waals surface area contributed by atoms with Gasteiger partial charge in [0.2, 0.25) is 0 Å². The van der Waals surface area contributed by atoms with Crippen molar-refractivity contribution >= 4 is 39.1 Å². The van der Waals surface area contributed by atoms with Crippen molar-refractivity contribution in [1.29, 1.82) is 0 Å². The van der Waals surface area contributed by atoms with Crippen LogP contribution in [-0.2, 0) is 9.53 Å². The summed E-state index contributed by atoms with van der Waals surface area (Å²) in [5.41, 5.74) is 0. The Balaban J connectivity index is 2.03. The van der Waals surface area contributed by atoms with E-state index in [1.54, 1.807) is 4.90 Å². The molecule has 2 heterocycles. The highest BCUT2D eigenvalue weighted by atomic mass is 79.9. The Morgan fingerprint density at radius 1 is 1.61 bits per heavy atom. The minimum Gasteiger partial charge on any atom is -0.481 e. The number of amides is 1. The van der Waals surface area contributed by atoms with Crippen LogP contribution in [0.2, 0.25) is 0 Å². The molecule has 2 rings (SSSR count). The molecule has 1 fully saturated rings. The number of rotatable bonds is 3. The topological polar surface area (TPSA) is 66.8 Å². The summed E-state index contributed by atoms with van der Waals surface area (Å²) in [7, 11) is 0. The lowest BCUT2D eigenvalue weighted by Gasteiger charge is -2.32. The van der Waals surface area contributed by atoms with E-state index in [0.29, 0.717) is 24.6 Å². The molecule has 98 valence electrons. The highest BCUT2D eigenvalue weighted by molar-refractivity contribution is 9.10. The molecular formula is C11H12BrNO4S. The average molecular weight is 334 g/mol. The monoisotopic (exact) mass is 333 g/mol. The summed E-state index contributed by atoms with van der Waals surface area (Å²) in [6, 6.07) is 1.83. The summed E-state index contributed by atoms with van der Waals surface area (Å²) in [5, 5.41) is 10.6. The number of carbonyl (C=O) groups excluding carboxylic acids is 1. The van der Waals surface area contributed by atoms with E-state index in [-0.39, 0.29) is 12.3 Å². The van der Waals surface area contributed by atoms with Gasteiger partial charge in [-0.3, -0.25) is 9.59 Å². The van der Waals surface area contributed by atoms with Gasteiger partial charge in [-0.05, 0) is 27.4 Å². The van der Waals surface area contributed by atoms with Gasteiger partial charge in [0.15, 0.2) is 0 Å². The Labute approximate surface area is 116 Å². The van der Waals surface area contributed by atoms with E-state index in [2.05, 4.69) is 15.9 Å². The van der Waals surface area contributed by atoms with Crippen LogP contribution in [0.1, 0.15) is 16.1 Å². The number of carboxylic acid groups (broad SMARTS) is 1. The Kier molecular flexibility index (Phi) is 4.36. The number of carboxylic acids is 1. The molecule has 1 aliphatic heterocycles. The Hall–Kier alpha value is -0.920. The molecule has 0 radical (unpaired) electrons. The van der Waals surface area contributed by atoms with Gasteiger partial charge in [0.05, 0.1) is 19.1 Å². The van der Waals surface area contributed by atoms with Gasteiger partial charge in [0.25, 0.3) is 5.91 Å². The van der Waals surface area contributed by atoms with Crippen LogP contribution in [-0.4, -0.2) is 47.7 Å². The van der Waals surface area contributed by atoms with Crippen molar-refractivity contribution in [3.8, 4) is 0 Å². The van der Waals surface area contributed by atoms with Crippen molar-refractivity contribution in [2.24, 2.45) is 0 Å². The molecule has 5 nitrogen and oxygen atoms in total. The SMILES string of the molecule is O=C(O)C[C@H]1CN(C(=O)c2sccc2Br)CCO1. The van der Waals surface area contributed by atoms with Crippen molar-refractivity contribution in [1.82, 2.24) is 4.90 Å². The van der Waals surface area contributed by atoms with E-state index in [1.807, 2.05) is 11.4 Å². The van der Waals surface area contributed by atoms with Gasteiger partial charge in [-0.2, -0.15) is 0 Å². The summed E-state index contributed by atoms with van der Waals surface area (Å²) >= 11 is 4.70. The smallest absolute Gasteiger partial charge is 0.306 e. The highest BCUT2D eigenvalue weighted by Crippen LogP contribution is 2.25. The zero-order chi connectivity index (χ0) is 13.1. The van der Waals surface area contributed by atoms with Gasteiger partial charge in [0.1, 0.15) is 4.88 Å². The van der Waals surface area contributed by atoms with Crippen molar-refractivity contribution in [2.45, 2.75) is 12.5 Å². The molecule has 0 spiro atoms. The quantitative estimate of drug-likeness (QED) is 0.916. The van der Waals surface area contributed by atoms with E-state index >= 15 is 0 Å². The molecule has 0 aliphatic carbocycles. The maximum atomic E-state index is 12.2. The lowest BCUT2D eigenvalue weighted by molar-refractivity contribution is -0.141. The molecule has 1 aliphatic rings. The van der Waals surface area contributed by atoms with Crippen molar-refractivity contribution in [2.75, 3.05) is 19.7 Å². The molecule has 1 aromatic heterocycles. The molecule has 0 bridgehead atoms. The van der Waals surface area contributed by atoms with Crippen molar-refractivity contribution in [3.63, 3.8) is 0 Å². The first-order valence-corrected chi connectivity index (χ1v) is 7.11. The van der Waals surface area contributed by atoms with Gasteiger partial charge in [0, 0.05) is 17.6 Å². The predicted molar refractivity (Wildman–Crippen MR) is 69.9 cm³/mol. The maximum absolute atomic E-state index is 12.2. The molecule has 0 saturated carbocycles. The third-order valence-corrected chi connectivity index (χ3v) is 4.47. The second-order valence-electron chi connectivity index (χ2n) is 3.94. The fraction of sp³-hybridized carbons (Fsp3) is 0.455. The van der Waals surface area contributed by atoms with Crippen molar-refractivity contribution < 1.29 is 19.4 Å². The van der Waals surface area contributed by atoms with Gasteiger partial charge < -0.3 is 14.7 Å². The standard InChI is InChI=1S/C11H12BrNO4S/c12-8-1-4-18-10(8)11(16)13-2-3-17-7(6-13)5-9(14)15/h1,4,7H,2-3,5-6H2,(H,14,15)/t7-/m0/s1. The number of carbonyl (C=O) groups is 2. The zero-order valence-electron chi connectivity index (χ0n) is 9.47. The minimum absolute atomic E-state index is 0.0736. The van der Waals surface area contributed by atoms with Crippen LogP contribution in [0, 0.1) is 0 Å². The second kappa shape index (κ2) is 5.81. The molecule has 1 saturated heterocycles. The fourth-order valence-electron chi connectivity index (χ4n) is 1.81. The molecular weight excluding hydrogens is 322 g/mol. The van der Waals surface area contributed by atoms with Gasteiger partial charge in [-0.25, -0.2) is 0 Å².